The molecule has 0 bridgehead atoms. The number of aryl methyl sites for hydroxylation is 2. The molecule has 1 unspecified atom stereocenters. The highest BCUT2D eigenvalue weighted by Gasteiger charge is 2.15. The smallest absolute Gasteiger partial charge is 0.124 e. The first-order chi connectivity index (χ1) is 9.42. The zero-order chi connectivity index (χ0) is 14.9. The van der Waals surface area contributed by atoms with E-state index in [1.807, 2.05) is 26.0 Å². The molecule has 2 aromatic rings. The molecular formula is C16H16BrFO2. The van der Waals surface area contributed by atoms with Gasteiger partial charge in [-0.2, -0.15) is 0 Å². The van der Waals surface area contributed by atoms with E-state index in [1.54, 1.807) is 13.2 Å². The summed E-state index contributed by atoms with van der Waals surface area (Å²) in [6.07, 6.45) is -0.870. The van der Waals surface area contributed by atoms with Gasteiger partial charge in [-0.3, -0.25) is 0 Å². The minimum Gasteiger partial charge on any atom is -0.496 e. The predicted octanol–water partition coefficient (Wildman–Crippen LogP) is 4.30. The van der Waals surface area contributed by atoms with E-state index in [0.29, 0.717) is 10.0 Å². The fraction of sp³-hybridized carbons (Fsp3) is 0.250. The fourth-order valence-corrected chi connectivity index (χ4v) is 2.87. The third kappa shape index (κ3) is 3.02. The number of ether oxygens (including phenoxy) is 1. The summed E-state index contributed by atoms with van der Waals surface area (Å²) in [6, 6.07) is 8.12. The molecule has 106 valence electrons. The second kappa shape index (κ2) is 5.94. The number of halogens is 2. The van der Waals surface area contributed by atoms with Crippen LogP contribution in [0.3, 0.4) is 0 Å². The van der Waals surface area contributed by atoms with Crippen molar-refractivity contribution in [2.45, 2.75) is 20.0 Å². The van der Waals surface area contributed by atoms with Crippen LogP contribution in [0.5, 0.6) is 5.75 Å². The van der Waals surface area contributed by atoms with Crippen molar-refractivity contribution in [2.24, 2.45) is 0 Å². The molecule has 1 atom stereocenters. The lowest BCUT2D eigenvalue weighted by atomic mass is 9.97. The first kappa shape index (κ1) is 15.0. The van der Waals surface area contributed by atoms with Gasteiger partial charge in [0.1, 0.15) is 17.7 Å². The maximum atomic E-state index is 13.4. The largest absolute Gasteiger partial charge is 0.496 e. The van der Waals surface area contributed by atoms with Crippen LogP contribution in [0.1, 0.15) is 28.4 Å². The molecule has 0 saturated carbocycles. The number of hydrogen-bond donors (Lipinski definition) is 1. The van der Waals surface area contributed by atoms with E-state index >= 15 is 0 Å². The van der Waals surface area contributed by atoms with E-state index < -0.39 is 6.10 Å². The van der Waals surface area contributed by atoms with Crippen molar-refractivity contribution in [1.29, 1.82) is 0 Å². The minimum atomic E-state index is -0.870. The van der Waals surface area contributed by atoms with Crippen molar-refractivity contribution in [3.05, 3.63) is 62.9 Å². The summed E-state index contributed by atoms with van der Waals surface area (Å²) >= 11 is 3.23. The molecule has 0 amide bonds. The highest BCUT2D eigenvalue weighted by atomic mass is 79.9. The average molecular weight is 339 g/mol. The fourth-order valence-electron chi connectivity index (χ4n) is 2.39. The van der Waals surface area contributed by atoms with E-state index in [0.717, 1.165) is 22.4 Å². The molecule has 0 aliphatic rings. The van der Waals surface area contributed by atoms with Crippen molar-refractivity contribution in [2.75, 3.05) is 7.11 Å². The summed E-state index contributed by atoms with van der Waals surface area (Å²) in [4.78, 5) is 0. The molecule has 0 radical (unpaired) electrons. The van der Waals surface area contributed by atoms with Gasteiger partial charge in [-0.15, -0.1) is 0 Å². The van der Waals surface area contributed by atoms with Crippen molar-refractivity contribution in [1.82, 2.24) is 0 Å². The van der Waals surface area contributed by atoms with Gasteiger partial charge < -0.3 is 9.84 Å². The highest BCUT2D eigenvalue weighted by molar-refractivity contribution is 9.10. The number of aliphatic hydroxyl groups is 1. The molecule has 2 nitrogen and oxygen atoms in total. The monoisotopic (exact) mass is 338 g/mol. The highest BCUT2D eigenvalue weighted by Crippen LogP contribution is 2.31. The lowest BCUT2D eigenvalue weighted by Gasteiger charge is -2.16. The van der Waals surface area contributed by atoms with E-state index in [4.69, 9.17) is 4.74 Å². The van der Waals surface area contributed by atoms with Crippen molar-refractivity contribution in [3.8, 4) is 5.75 Å². The summed E-state index contributed by atoms with van der Waals surface area (Å²) in [6.45, 7) is 3.84. The van der Waals surface area contributed by atoms with Gasteiger partial charge in [0.2, 0.25) is 0 Å². The van der Waals surface area contributed by atoms with Crippen molar-refractivity contribution < 1.29 is 14.2 Å². The second-order valence-corrected chi connectivity index (χ2v) is 5.71. The molecule has 0 aromatic heterocycles. The lowest BCUT2D eigenvalue weighted by molar-refractivity contribution is 0.219. The van der Waals surface area contributed by atoms with Crippen LogP contribution in [0.2, 0.25) is 0 Å². The first-order valence-corrected chi connectivity index (χ1v) is 7.01. The minimum absolute atomic E-state index is 0.379. The van der Waals surface area contributed by atoms with E-state index in [1.165, 1.54) is 12.1 Å². The van der Waals surface area contributed by atoms with Crippen LogP contribution < -0.4 is 4.74 Å². The van der Waals surface area contributed by atoms with Crippen LogP contribution in [0.15, 0.2) is 34.8 Å². The van der Waals surface area contributed by atoms with Gasteiger partial charge in [-0.05, 0) is 66.4 Å². The Hall–Kier alpha value is -1.39. The Morgan fingerprint density at radius 1 is 1.05 bits per heavy atom. The third-order valence-corrected chi connectivity index (χ3v) is 3.66. The molecule has 2 rings (SSSR count). The molecule has 0 aliphatic heterocycles. The number of benzene rings is 2. The standard InChI is InChI=1S/C16H16BrFO2/c1-9-4-11(5-10(2)16(9)20-3)15(19)12-6-13(17)8-14(18)7-12/h4-8,15,19H,1-3H3. The average Bonchev–Trinajstić information content (AvgIpc) is 2.36. The van der Waals surface area contributed by atoms with E-state index in [-0.39, 0.29) is 5.82 Å². The summed E-state index contributed by atoms with van der Waals surface area (Å²) in [7, 11) is 1.62. The van der Waals surface area contributed by atoms with Crippen molar-refractivity contribution >= 4 is 15.9 Å². The van der Waals surface area contributed by atoms with Gasteiger partial charge in [-0.25, -0.2) is 4.39 Å². The van der Waals surface area contributed by atoms with Gasteiger partial charge in [0.25, 0.3) is 0 Å². The summed E-state index contributed by atoms with van der Waals surface area (Å²) < 4.78 is 19.3. The van der Waals surface area contributed by atoms with Gasteiger partial charge in [0, 0.05) is 4.47 Å². The first-order valence-electron chi connectivity index (χ1n) is 6.21. The molecule has 0 fully saturated rings. The molecule has 20 heavy (non-hydrogen) atoms. The maximum absolute atomic E-state index is 13.4. The molecule has 1 N–H and O–H groups in total. The summed E-state index contributed by atoms with van der Waals surface area (Å²) in [5.41, 5.74) is 3.12. The van der Waals surface area contributed by atoms with Gasteiger partial charge >= 0.3 is 0 Å². The topological polar surface area (TPSA) is 29.5 Å². The molecule has 2 aromatic carbocycles. The zero-order valence-electron chi connectivity index (χ0n) is 11.6. The zero-order valence-corrected chi connectivity index (χ0v) is 13.2. The van der Waals surface area contributed by atoms with Crippen LogP contribution in [0.4, 0.5) is 4.39 Å². The SMILES string of the molecule is COc1c(C)cc(C(O)c2cc(F)cc(Br)c2)cc1C. The Kier molecular flexibility index (Phi) is 4.45. The van der Waals surface area contributed by atoms with Crippen LogP contribution in [0.25, 0.3) is 0 Å². The van der Waals surface area contributed by atoms with Gasteiger partial charge in [-0.1, -0.05) is 15.9 Å². The quantitative estimate of drug-likeness (QED) is 0.904. The van der Waals surface area contributed by atoms with Crippen LogP contribution in [0, 0.1) is 19.7 Å². The Bertz CT molecular complexity index is 597. The summed E-state index contributed by atoms with van der Waals surface area (Å²) in [5, 5.41) is 10.4. The summed E-state index contributed by atoms with van der Waals surface area (Å²) in [5.74, 6) is 0.428. The van der Waals surface area contributed by atoms with Gasteiger partial charge in [0.15, 0.2) is 0 Å². The molecule has 0 spiro atoms. The second-order valence-electron chi connectivity index (χ2n) is 4.79. The van der Waals surface area contributed by atoms with E-state index in [2.05, 4.69) is 15.9 Å². The Balaban J connectivity index is 2.45. The van der Waals surface area contributed by atoms with Gasteiger partial charge in [0.05, 0.1) is 7.11 Å². The van der Waals surface area contributed by atoms with Crippen molar-refractivity contribution in [3.63, 3.8) is 0 Å². The van der Waals surface area contributed by atoms with E-state index in [9.17, 15) is 9.50 Å². The molecule has 4 heteroatoms. The lowest BCUT2D eigenvalue weighted by Crippen LogP contribution is -2.03. The molecule has 0 saturated heterocycles. The number of methoxy groups -OCH3 is 1. The van der Waals surface area contributed by atoms with Crippen LogP contribution >= 0.6 is 15.9 Å². The number of hydrogen-bond acceptors (Lipinski definition) is 2. The normalized spacial score (nSPS) is 12.3. The molecule has 0 heterocycles. The van der Waals surface area contributed by atoms with Crippen LogP contribution in [-0.2, 0) is 0 Å². The Morgan fingerprint density at radius 3 is 2.10 bits per heavy atom. The number of aliphatic hydroxyl groups excluding tert-OH is 1. The third-order valence-electron chi connectivity index (χ3n) is 3.20. The van der Waals surface area contributed by atoms with Crippen LogP contribution in [-0.4, -0.2) is 12.2 Å². The Labute approximate surface area is 126 Å². The molecule has 0 aliphatic carbocycles. The number of rotatable bonds is 3. The Morgan fingerprint density at radius 2 is 1.60 bits per heavy atom. The predicted molar refractivity (Wildman–Crippen MR) is 80.6 cm³/mol. The maximum Gasteiger partial charge on any atom is 0.124 e. The molecular weight excluding hydrogens is 323 g/mol.